The Labute approximate surface area is 199 Å². The monoisotopic (exact) mass is 466 g/mol. The fourth-order valence-electron chi connectivity index (χ4n) is 5.18. The van der Waals surface area contributed by atoms with E-state index in [0.29, 0.717) is 31.1 Å². The molecule has 1 amide bonds. The Hall–Kier alpha value is -2.54. The van der Waals surface area contributed by atoms with Gasteiger partial charge in [0.25, 0.3) is 0 Å². The fraction of sp³-hybridized carbons (Fsp3) is 0.500. The van der Waals surface area contributed by atoms with E-state index in [1.807, 2.05) is 24.0 Å². The molecule has 3 heterocycles. The van der Waals surface area contributed by atoms with Crippen LogP contribution in [0, 0.1) is 25.6 Å². The summed E-state index contributed by atoms with van der Waals surface area (Å²) in [5.41, 5.74) is 3.53. The number of aromatic nitrogens is 1. The molecule has 5 nitrogen and oxygen atoms in total. The van der Waals surface area contributed by atoms with Gasteiger partial charge in [0.05, 0.1) is 36.0 Å². The Morgan fingerprint density at radius 3 is 2.76 bits per heavy atom. The molecular formula is C26H31FN4OS. The molecule has 1 saturated carbocycles. The predicted octanol–water partition coefficient (Wildman–Crippen LogP) is 5.47. The molecule has 0 bridgehead atoms. The van der Waals surface area contributed by atoms with Crippen LogP contribution in [0.2, 0.25) is 0 Å². The molecule has 0 atom stereocenters. The van der Waals surface area contributed by atoms with Gasteiger partial charge in [-0.2, -0.15) is 0 Å². The van der Waals surface area contributed by atoms with Crippen LogP contribution in [0.1, 0.15) is 65.2 Å². The minimum absolute atomic E-state index is 0.141. The first-order valence-electron chi connectivity index (χ1n) is 12.0. The third-order valence-corrected chi connectivity index (χ3v) is 7.96. The van der Waals surface area contributed by atoms with E-state index in [4.69, 9.17) is 4.99 Å². The number of thiazole rings is 1. The molecule has 174 valence electrons. The van der Waals surface area contributed by atoms with Crippen molar-refractivity contribution >= 4 is 28.8 Å². The minimum Gasteiger partial charge on any atom is -0.350 e. The quantitative estimate of drug-likeness (QED) is 0.601. The lowest BCUT2D eigenvalue weighted by Crippen LogP contribution is -2.44. The first-order chi connectivity index (χ1) is 16.0. The zero-order chi connectivity index (χ0) is 22.9. The van der Waals surface area contributed by atoms with E-state index < -0.39 is 0 Å². The van der Waals surface area contributed by atoms with E-state index in [0.717, 1.165) is 53.6 Å². The Kier molecular flexibility index (Phi) is 6.32. The number of benzene rings is 1. The Bertz CT molecular complexity index is 1090. The normalized spacial score (nSPS) is 19.2. The van der Waals surface area contributed by atoms with Crippen LogP contribution in [0.15, 0.2) is 29.3 Å². The van der Waals surface area contributed by atoms with Crippen LogP contribution >= 0.6 is 11.3 Å². The van der Waals surface area contributed by atoms with Gasteiger partial charge < -0.3 is 9.80 Å². The van der Waals surface area contributed by atoms with Gasteiger partial charge in [-0.25, -0.2) is 14.4 Å². The van der Waals surface area contributed by atoms with Crippen molar-refractivity contribution in [3.05, 3.63) is 56.8 Å². The highest BCUT2D eigenvalue weighted by atomic mass is 32.1. The van der Waals surface area contributed by atoms with E-state index in [-0.39, 0.29) is 11.7 Å². The summed E-state index contributed by atoms with van der Waals surface area (Å²) in [4.78, 5) is 28.4. The number of amidine groups is 1. The third kappa shape index (κ3) is 4.74. The summed E-state index contributed by atoms with van der Waals surface area (Å²) >= 11 is 1.69. The maximum Gasteiger partial charge on any atom is 0.242 e. The Morgan fingerprint density at radius 1 is 1.18 bits per heavy atom. The Balaban J connectivity index is 1.38. The second kappa shape index (κ2) is 9.37. The Morgan fingerprint density at radius 2 is 2.00 bits per heavy atom. The number of fused-ring (bicyclic) bond motifs is 1. The van der Waals surface area contributed by atoms with Gasteiger partial charge in [0.1, 0.15) is 11.7 Å². The molecule has 2 aliphatic heterocycles. The van der Waals surface area contributed by atoms with E-state index in [1.54, 1.807) is 18.3 Å². The second-order valence-electron chi connectivity index (χ2n) is 9.42. The van der Waals surface area contributed by atoms with Crippen LogP contribution in [-0.4, -0.2) is 39.6 Å². The van der Waals surface area contributed by atoms with Crippen molar-refractivity contribution in [2.24, 2.45) is 10.9 Å². The molecule has 33 heavy (non-hydrogen) atoms. The molecule has 3 aliphatic rings. The maximum atomic E-state index is 13.9. The molecule has 1 aliphatic carbocycles. The van der Waals surface area contributed by atoms with Crippen molar-refractivity contribution in [1.82, 2.24) is 14.8 Å². The fourth-order valence-corrected chi connectivity index (χ4v) is 6.14. The first kappa shape index (κ1) is 22.3. The van der Waals surface area contributed by atoms with Crippen LogP contribution in [0.5, 0.6) is 0 Å². The summed E-state index contributed by atoms with van der Waals surface area (Å²) in [6.07, 6.45) is 8.86. The van der Waals surface area contributed by atoms with Gasteiger partial charge in [0, 0.05) is 22.9 Å². The molecule has 5 rings (SSSR count). The summed E-state index contributed by atoms with van der Waals surface area (Å²) in [6, 6.07) is 5.21. The summed E-state index contributed by atoms with van der Waals surface area (Å²) < 4.78 is 13.9. The van der Waals surface area contributed by atoms with E-state index >= 15 is 0 Å². The molecular weight excluding hydrogens is 435 g/mol. The standard InChI is InChI=1S/C26H31FN4OS/c1-17-13-20(10-11-21(17)27)22-9-6-12-30(26(29-22)19-7-4-3-5-8-19)16-25(32)31-14-23-24(15-31)33-18(2)28-23/h9-11,13,19H,3-8,12,14-16H2,1-2H3. The van der Waals surface area contributed by atoms with Gasteiger partial charge in [-0.05, 0) is 56.9 Å². The number of hydrogen-bond donors (Lipinski definition) is 0. The van der Waals surface area contributed by atoms with Gasteiger partial charge in [-0.3, -0.25) is 4.79 Å². The van der Waals surface area contributed by atoms with Crippen LogP contribution < -0.4 is 0 Å². The second-order valence-corrected chi connectivity index (χ2v) is 10.7. The van der Waals surface area contributed by atoms with Gasteiger partial charge in [0.2, 0.25) is 5.91 Å². The van der Waals surface area contributed by atoms with Crippen molar-refractivity contribution in [2.45, 2.75) is 65.5 Å². The van der Waals surface area contributed by atoms with Crippen molar-refractivity contribution in [3.63, 3.8) is 0 Å². The molecule has 0 saturated heterocycles. The largest absolute Gasteiger partial charge is 0.350 e. The zero-order valence-corrected chi connectivity index (χ0v) is 20.3. The highest BCUT2D eigenvalue weighted by molar-refractivity contribution is 7.11. The molecule has 0 spiro atoms. The van der Waals surface area contributed by atoms with Crippen molar-refractivity contribution < 1.29 is 9.18 Å². The number of nitrogens with zero attached hydrogens (tertiary/aromatic N) is 4. The predicted molar refractivity (Wildman–Crippen MR) is 130 cm³/mol. The highest BCUT2D eigenvalue weighted by Gasteiger charge is 2.31. The van der Waals surface area contributed by atoms with Crippen LogP contribution in [0.4, 0.5) is 4.39 Å². The zero-order valence-electron chi connectivity index (χ0n) is 19.4. The number of hydrogen-bond acceptors (Lipinski definition) is 5. The smallest absolute Gasteiger partial charge is 0.242 e. The number of carbonyl (C=O) groups excluding carboxylic acids is 1. The molecule has 0 N–H and O–H groups in total. The van der Waals surface area contributed by atoms with Crippen LogP contribution in [-0.2, 0) is 17.9 Å². The van der Waals surface area contributed by atoms with Crippen LogP contribution in [0.3, 0.4) is 0 Å². The molecule has 2 aromatic rings. The molecule has 1 aromatic heterocycles. The number of carbonyl (C=O) groups is 1. The summed E-state index contributed by atoms with van der Waals surface area (Å²) in [7, 11) is 0. The summed E-state index contributed by atoms with van der Waals surface area (Å²) in [5.74, 6) is 1.36. The molecule has 1 fully saturated rings. The van der Waals surface area contributed by atoms with E-state index in [1.165, 1.54) is 30.2 Å². The maximum absolute atomic E-state index is 13.9. The average Bonchev–Trinajstić information content (AvgIpc) is 3.27. The van der Waals surface area contributed by atoms with Crippen molar-refractivity contribution in [2.75, 3.05) is 13.1 Å². The van der Waals surface area contributed by atoms with Gasteiger partial charge in [-0.15, -0.1) is 11.3 Å². The molecule has 1 aromatic carbocycles. The highest BCUT2D eigenvalue weighted by Crippen LogP contribution is 2.32. The van der Waals surface area contributed by atoms with Crippen LogP contribution in [0.25, 0.3) is 5.70 Å². The number of aryl methyl sites for hydroxylation is 2. The number of aliphatic imine (C=N–C) groups is 1. The van der Waals surface area contributed by atoms with Gasteiger partial charge in [-0.1, -0.05) is 25.3 Å². The van der Waals surface area contributed by atoms with Gasteiger partial charge >= 0.3 is 0 Å². The number of rotatable bonds is 4. The lowest BCUT2D eigenvalue weighted by molar-refractivity contribution is -0.132. The number of halogens is 1. The average molecular weight is 467 g/mol. The van der Waals surface area contributed by atoms with Crippen molar-refractivity contribution in [3.8, 4) is 0 Å². The van der Waals surface area contributed by atoms with Gasteiger partial charge in [0.15, 0.2) is 0 Å². The molecule has 0 radical (unpaired) electrons. The minimum atomic E-state index is -0.194. The number of amides is 1. The van der Waals surface area contributed by atoms with Crippen molar-refractivity contribution in [1.29, 1.82) is 0 Å². The lowest BCUT2D eigenvalue weighted by atomic mass is 9.87. The first-order valence-corrected chi connectivity index (χ1v) is 12.8. The van der Waals surface area contributed by atoms with E-state index in [2.05, 4.69) is 16.0 Å². The van der Waals surface area contributed by atoms with E-state index in [9.17, 15) is 9.18 Å². The topological polar surface area (TPSA) is 48.8 Å². The summed E-state index contributed by atoms with van der Waals surface area (Å²) in [6.45, 7) is 6.22. The molecule has 0 unspecified atom stereocenters. The summed E-state index contributed by atoms with van der Waals surface area (Å²) in [5, 5.41) is 1.07. The third-order valence-electron chi connectivity index (χ3n) is 6.96. The molecule has 7 heteroatoms. The lowest BCUT2D eigenvalue weighted by Gasteiger charge is -2.33. The SMILES string of the molecule is Cc1nc2c(s1)CN(C(=O)CN1CCC=C(c3ccc(F)c(C)c3)N=C1C1CCCCC1)C2.